The van der Waals surface area contributed by atoms with Crippen molar-refractivity contribution in [2.75, 3.05) is 39.8 Å². The summed E-state index contributed by atoms with van der Waals surface area (Å²) in [7, 11) is 2.21. The third-order valence-corrected chi connectivity index (χ3v) is 5.33. The highest BCUT2D eigenvalue weighted by Crippen LogP contribution is 2.15. The molecule has 1 fully saturated rings. The number of hydrogen-bond donors (Lipinski definition) is 2. The number of rotatable bonds is 7. The van der Waals surface area contributed by atoms with E-state index < -0.39 is 0 Å². The van der Waals surface area contributed by atoms with Gasteiger partial charge in [0.2, 0.25) is 0 Å². The molecule has 2 rings (SSSR count). The van der Waals surface area contributed by atoms with Crippen molar-refractivity contribution in [3.63, 3.8) is 0 Å². The molecule has 1 aromatic rings. The maximum Gasteiger partial charge on any atom is 0.191 e. The summed E-state index contributed by atoms with van der Waals surface area (Å²) in [6, 6.07) is 4.34. The van der Waals surface area contributed by atoms with E-state index in [4.69, 9.17) is 4.99 Å². The summed E-state index contributed by atoms with van der Waals surface area (Å²) in [5.74, 6) is 2.33. The lowest BCUT2D eigenvalue weighted by Crippen LogP contribution is -2.42. The zero-order valence-electron chi connectivity index (χ0n) is 14.8. The Balaban J connectivity index is 1.75. The fourth-order valence-corrected chi connectivity index (χ4v) is 3.80. The first kappa shape index (κ1) is 18.3. The van der Waals surface area contributed by atoms with Crippen LogP contribution in [0.1, 0.15) is 31.6 Å². The number of thiophene rings is 1. The van der Waals surface area contributed by atoms with Crippen molar-refractivity contribution in [2.24, 2.45) is 16.8 Å². The molecular formula is C18H32N4S. The van der Waals surface area contributed by atoms with Crippen LogP contribution in [0, 0.1) is 11.8 Å². The molecule has 23 heavy (non-hydrogen) atoms. The van der Waals surface area contributed by atoms with Gasteiger partial charge in [0.05, 0.1) is 0 Å². The van der Waals surface area contributed by atoms with Crippen LogP contribution < -0.4 is 10.6 Å². The molecule has 1 aliphatic rings. The van der Waals surface area contributed by atoms with Crippen molar-refractivity contribution in [3.8, 4) is 0 Å². The van der Waals surface area contributed by atoms with Gasteiger partial charge in [-0.2, -0.15) is 0 Å². The highest BCUT2D eigenvalue weighted by Gasteiger charge is 2.16. The molecular weight excluding hydrogens is 304 g/mol. The summed E-state index contributed by atoms with van der Waals surface area (Å²) in [5.41, 5.74) is 0. The van der Waals surface area contributed by atoms with E-state index in [0.717, 1.165) is 37.9 Å². The Kier molecular flexibility index (Phi) is 7.89. The molecule has 0 amide bonds. The zero-order chi connectivity index (χ0) is 16.5. The van der Waals surface area contributed by atoms with Gasteiger partial charge in [-0.15, -0.1) is 11.3 Å². The minimum absolute atomic E-state index is 0.576. The zero-order valence-corrected chi connectivity index (χ0v) is 15.7. The highest BCUT2D eigenvalue weighted by atomic mass is 32.1. The molecule has 0 aromatic carbocycles. The molecule has 130 valence electrons. The monoisotopic (exact) mass is 336 g/mol. The molecule has 2 N–H and O–H groups in total. The van der Waals surface area contributed by atoms with Crippen LogP contribution in [0.2, 0.25) is 0 Å². The van der Waals surface area contributed by atoms with E-state index in [1.807, 2.05) is 11.3 Å². The number of guanidine groups is 1. The summed E-state index contributed by atoms with van der Waals surface area (Å²) in [4.78, 5) is 8.66. The molecule has 1 aliphatic heterocycles. The summed E-state index contributed by atoms with van der Waals surface area (Å²) in [6.07, 6.45) is 3.70. The number of piperidine rings is 1. The summed E-state index contributed by atoms with van der Waals surface area (Å²) < 4.78 is 0. The van der Waals surface area contributed by atoms with Crippen LogP contribution in [0.4, 0.5) is 0 Å². The second kappa shape index (κ2) is 9.93. The average Bonchev–Trinajstić information content (AvgIpc) is 3.04. The number of aliphatic imine (C=N–C) groups is 1. The van der Waals surface area contributed by atoms with E-state index in [1.54, 1.807) is 0 Å². The second-order valence-corrected chi connectivity index (χ2v) is 7.77. The first-order valence-electron chi connectivity index (χ1n) is 8.90. The van der Waals surface area contributed by atoms with Gasteiger partial charge in [-0.1, -0.05) is 13.0 Å². The van der Waals surface area contributed by atoms with Gasteiger partial charge < -0.3 is 15.5 Å². The van der Waals surface area contributed by atoms with Crippen molar-refractivity contribution in [2.45, 2.75) is 33.1 Å². The Hall–Kier alpha value is -1.07. The smallest absolute Gasteiger partial charge is 0.191 e. The van der Waals surface area contributed by atoms with Crippen LogP contribution in [0.15, 0.2) is 22.5 Å². The molecule has 2 heterocycles. The molecule has 4 nitrogen and oxygen atoms in total. The quantitative estimate of drug-likeness (QED) is 0.594. The summed E-state index contributed by atoms with van der Waals surface area (Å²) in [5, 5.41) is 9.07. The van der Waals surface area contributed by atoms with Crippen molar-refractivity contribution in [1.82, 2.24) is 15.5 Å². The van der Waals surface area contributed by atoms with Crippen LogP contribution in [0.5, 0.6) is 0 Å². The van der Waals surface area contributed by atoms with Gasteiger partial charge in [0, 0.05) is 24.5 Å². The lowest BCUT2D eigenvalue weighted by molar-refractivity contribution is 0.220. The average molecular weight is 337 g/mol. The van der Waals surface area contributed by atoms with E-state index in [1.165, 1.54) is 30.8 Å². The largest absolute Gasteiger partial charge is 0.357 e. The molecule has 1 saturated heterocycles. The normalized spacial score (nSPS) is 18.8. The third kappa shape index (κ3) is 6.92. The standard InChI is InChI=1S/C18H32N4S/c1-4-19-18(21-14-16-7-9-22(3)10-8-16)20-13-15(2)12-17-6-5-11-23-17/h5-6,11,15-16H,4,7-10,12-14H2,1-3H3,(H2,19,20,21). The van der Waals surface area contributed by atoms with E-state index in [2.05, 4.69) is 53.9 Å². The fourth-order valence-electron chi connectivity index (χ4n) is 2.93. The minimum atomic E-state index is 0.576. The van der Waals surface area contributed by atoms with Crippen molar-refractivity contribution in [1.29, 1.82) is 0 Å². The van der Waals surface area contributed by atoms with E-state index in [-0.39, 0.29) is 0 Å². The summed E-state index contributed by atoms with van der Waals surface area (Å²) in [6.45, 7) is 9.68. The van der Waals surface area contributed by atoms with E-state index in [9.17, 15) is 0 Å². The molecule has 0 saturated carbocycles. The Morgan fingerprint density at radius 3 is 2.83 bits per heavy atom. The predicted molar refractivity (Wildman–Crippen MR) is 101 cm³/mol. The Morgan fingerprint density at radius 1 is 1.39 bits per heavy atom. The fraction of sp³-hybridized carbons (Fsp3) is 0.722. The van der Waals surface area contributed by atoms with Gasteiger partial charge in [-0.05, 0) is 69.6 Å². The minimum Gasteiger partial charge on any atom is -0.357 e. The first-order valence-corrected chi connectivity index (χ1v) is 9.78. The van der Waals surface area contributed by atoms with E-state index in [0.29, 0.717) is 5.92 Å². The van der Waals surface area contributed by atoms with Crippen molar-refractivity contribution < 1.29 is 0 Å². The molecule has 1 unspecified atom stereocenters. The van der Waals surface area contributed by atoms with Gasteiger partial charge in [-0.3, -0.25) is 4.99 Å². The maximum absolute atomic E-state index is 4.78. The number of likely N-dealkylation sites (tertiary alicyclic amines) is 1. The summed E-state index contributed by atoms with van der Waals surface area (Å²) >= 11 is 1.84. The van der Waals surface area contributed by atoms with Crippen molar-refractivity contribution in [3.05, 3.63) is 22.4 Å². The van der Waals surface area contributed by atoms with Crippen LogP contribution in [-0.2, 0) is 6.42 Å². The molecule has 0 radical (unpaired) electrons. The highest BCUT2D eigenvalue weighted by molar-refractivity contribution is 7.09. The van der Waals surface area contributed by atoms with Gasteiger partial charge >= 0.3 is 0 Å². The van der Waals surface area contributed by atoms with Crippen LogP contribution >= 0.6 is 11.3 Å². The molecule has 5 heteroatoms. The Labute approximate surface area is 145 Å². The van der Waals surface area contributed by atoms with E-state index >= 15 is 0 Å². The molecule has 0 aliphatic carbocycles. The molecule has 0 bridgehead atoms. The van der Waals surface area contributed by atoms with Gasteiger partial charge in [-0.25, -0.2) is 0 Å². The number of nitrogens with one attached hydrogen (secondary N) is 2. The van der Waals surface area contributed by atoms with Crippen LogP contribution in [-0.4, -0.2) is 50.6 Å². The predicted octanol–water partition coefficient (Wildman–Crippen LogP) is 2.82. The molecule has 1 aromatic heterocycles. The van der Waals surface area contributed by atoms with Crippen LogP contribution in [0.25, 0.3) is 0 Å². The SMILES string of the molecule is CCNC(=NCC(C)Cc1cccs1)NCC1CCN(C)CC1. The number of hydrogen-bond acceptors (Lipinski definition) is 3. The molecule has 0 spiro atoms. The third-order valence-electron chi connectivity index (χ3n) is 4.43. The topological polar surface area (TPSA) is 39.7 Å². The van der Waals surface area contributed by atoms with Gasteiger partial charge in [0.1, 0.15) is 0 Å². The van der Waals surface area contributed by atoms with Gasteiger partial charge in [0.25, 0.3) is 0 Å². The molecule has 1 atom stereocenters. The Morgan fingerprint density at radius 2 is 2.17 bits per heavy atom. The van der Waals surface area contributed by atoms with Crippen LogP contribution in [0.3, 0.4) is 0 Å². The van der Waals surface area contributed by atoms with Gasteiger partial charge in [0.15, 0.2) is 5.96 Å². The van der Waals surface area contributed by atoms with Crippen molar-refractivity contribution >= 4 is 17.3 Å². The number of nitrogens with zero attached hydrogens (tertiary/aromatic N) is 2. The maximum atomic E-state index is 4.78. The first-order chi connectivity index (χ1) is 11.2. The Bertz CT molecular complexity index is 450. The lowest BCUT2D eigenvalue weighted by atomic mass is 9.97. The second-order valence-electron chi connectivity index (χ2n) is 6.74. The lowest BCUT2D eigenvalue weighted by Gasteiger charge is -2.29.